The highest BCUT2D eigenvalue weighted by Crippen LogP contribution is 2.44. The maximum Gasteiger partial charge on any atom is 0.214 e. The van der Waals surface area contributed by atoms with Crippen LogP contribution in [0.15, 0.2) is 0 Å². The lowest BCUT2D eigenvalue weighted by Crippen LogP contribution is -2.52. The molecule has 0 radical (unpaired) electrons. The van der Waals surface area contributed by atoms with Crippen LogP contribution in [0.25, 0.3) is 0 Å². The minimum atomic E-state index is -3.04. The Labute approximate surface area is 92.7 Å². The predicted octanol–water partition coefficient (Wildman–Crippen LogP) is 1.89. The Morgan fingerprint density at radius 3 is 2.07 bits per heavy atom. The Morgan fingerprint density at radius 2 is 1.73 bits per heavy atom. The molecule has 0 aromatic heterocycles. The summed E-state index contributed by atoms with van der Waals surface area (Å²) in [5.74, 6) is 0.907. The summed E-state index contributed by atoms with van der Waals surface area (Å²) >= 11 is 0. The summed E-state index contributed by atoms with van der Waals surface area (Å²) in [6, 6.07) is 0. The fourth-order valence-electron chi connectivity index (χ4n) is 2.12. The van der Waals surface area contributed by atoms with Crippen LogP contribution < -0.4 is 4.72 Å². The number of hydrogen-bond donors (Lipinski definition) is 1. The second kappa shape index (κ2) is 3.45. The first kappa shape index (κ1) is 11.4. The predicted molar refractivity (Wildman–Crippen MR) is 61.0 cm³/mol. The van der Waals surface area contributed by atoms with E-state index in [0.29, 0.717) is 11.8 Å². The van der Waals surface area contributed by atoms with Crippen LogP contribution in [0.3, 0.4) is 0 Å². The van der Waals surface area contributed by atoms with Gasteiger partial charge in [-0.25, -0.2) is 13.1 Å². The molecule has 15 heavy (non-hydrogen) atoms. The van der Waals surface area contributed by atoms with Gasteiger partial charge in [-0.1, -0.05) is 13.8 Å². The van der Waals surface area contributed by atoms with Gasteiger partial charge in [-0.2, -0.15) is 0 Å². The lowest BCUT2D eigenvalue weighted by atomic mass is 9.85. The van der Waals surface area contributed by atoms with Crippen LogP contribution in [0.5, 0.6) is 0 Å². The van der Waals surface area contributed by atoms with E-state index in [9.17, 15) is 8.42 Å². The van der Waals surface area contributed by atoms with E-state index >= 15 is 0 Å². The van der Waals surface area contributed by atoms with E-state index in [-0.39, 0.29) is 10.8 Å². The zero-order chi connectivity index (χ0) is 11.3. The van der Waals surface area contributed by atoms with Gasteiger partial charge in [0.2, 0.25) is 10.0 Å². The fraction of sp³-hybridized carbons (Fsp3) is 1.00. The standard InChI is InChI=1S/C11H21NO2S/c1-8(2)11(3,9-4-5-9)12-15(13,14)10-6-7-10/h8-10,12H,4-7H2,1-3H3. The van der Waals surface area contributed by atoms with Crippen molar-refractivity contribution in [2.24, 2.45) is 11.8 Å². The molecule has 2 aliphatic carbocycles. The van der Waals surface area contributed by atoms with E-state index in [2.05, 4.69) is 25.5 Å². The molecule has 1 atom stereocenters. The Balaban J connectivity index is 2.12. The van der Waals surface area contributed by atoms with Gasteiger partial charge < -0.3 is 0 Å². The van der Waals surface area contributed by atoms with E-state index in [1.807, 2.05) is 0 Å². The summed E-state index contributed by atoms with van der Waals surface area (Å²) < 4.78 is 26.8. The first-order valence-electron chi connectivity index (χ1n) is 5.89. The van der Waals surface area contributed by atoms with Crippen molar-refractivity contribution in [3.8, 4) is 0 Å². The van der Waals surface area contributed by atoms with Gasteiger partial charge in [0.25, 0.3) is 0 Å². The van der Waals surface area contributed by atoms with E-state index < -0.39 is 10.0 Å². The molecule has 0 amide bonds. The number of hydrogen-bond acceptors (Lipinski definition) is 2. The van der Waals surface area contributed by atoms with E-state index in [1.165, 1.54) is 12.8 Å². The molecule has 0 heterocycles. The first-order chi connectivity index (χ1) is 6.86. The van der Waals surface area contributed by atoms with E-state index in [1.54, 1.807) is 0 Å². The summed E-state index contributed by atoms with van der Waals surface area (Å²) in [4.78, 5) is 0. The molecule has 0 saturated heterocycles. The van der Waals surface area contributed by atoms with Crippen LogP contribution in [0, 0.1) is 11.8 Å². The van der Waals surface area contributed by atoms with Crippen LogP contribution in [-0.4, -0.2) is 19.2 Å². The summed E-state index contributed by atoms with van der Waals surface area (Å²) in [6.07, 6.45) is 4.02. The number of sulfonamides is 1. The largest absolute Gasteiger partial charge is 0.214 e. The molecular weight excluding hydrogens is 210 g/mol. The third-order valence-corrected chi connectivity index (χ3v) is 6.02. The van der Waals surface area contributed by atoms with Crippen molar-refractivity contribution >= 4 is 10.0 Å². The highest BCUT2D eigenvalue weighted by molar-refractivity contribution is 7.90. The van der Waals surface area contributed by atoms with Gasteiger partial charge in [0, 0.05) is 5.54 Å². The van der Waals surface area contributed by atoms with E-state index in [0.717, 1.165) is 12.8 Å². The Morgan fingerprint density at radius 1 is 1.20 bits per heavy atom. The molecule has 88 valence electrons. The topological polar surface area (TPSA) is 46.2 Å². The van der Waals surface area contributed by atoms with E-state index in [4.69, 9.17) is 0 Å². The summed E-state index contributed by atoms with van der Waals surface area (Å²) in [7, 11) is -3.04. The first-order valence-corrected chi connectivity index (χ1v) is 7.43. The van der Waals surface area contributed by atoms with Gasteiger partial charge in [0.05, 0.1) is 5.25 Å². The third kappa shape index (κ3) is 2.21. The highest BCUT2D eigenvalue weighted by atomic mass is 32.2. The molecule has 2 rings (SSSR count). The third-order valence-electron chi connectivity index (χ3n) is 3.95. The SMILES string of the molecule is CC(C)C(C)(NS(=O)(=O)C1CC1)C1CC1. The van der Waals surface area contributed by atoms with Crippen LogP contribution in [0.2, 0.25) is 0 Å². The molecule has 2 fully saturated rings. The minimum absolute atomic E-state index is 0.102. The van der Waals surface area contributed by atoms with Crippen molar-refractivity contribution in [3.63, 3.8) is 0 Å². The average molecular weight is 231 g/mol. The quantitative estimate of drug-likeness (QED) is 0.785. The van der Waals surface area contributed by atoms with Gasteiger partial charge in [0.1, 0.15) is 0 Å². The molecule has 0 bridgehead atoms. The summed E-state index contributed by atoms with van der Waals surface area (Å²) in [5, 5.41) is -0.102. The fourth-order valence-corrected chi connectivity index (χ4v) is 4.06. The second-order valence-electron chi connectivity index (χ2n) is 5.56. The maximum atomic E-state index is 11.9. The zero-order valence-corrected chi connectivity index (χ0v) is 10.6. The van der Waals surface area contributed by atoms with Crippen molar-refractivity contribution in [2.75, 3.05) is 0 Å². The molecule has 2 saturated carbocycles. The lowest BCUT2D eigenvalue weighted by molar-refractivity contribution is 0.266. The molecule has 2 aliphatic rings. The second-order valence-corrected chi connectivity index (χ2v) is 7.52. The molecule has 0 aromatic rings. The van der Waals surface area contributed by atoms with Crippen LogP contribution in [0.1, 0.15) is 46.5 Å². The van der Waals surface area contributed by atoms with Crippen molar-refractivity contribution in [2.45, 2.75) is 57.2 Å². The Hall–Kier alpha value is -0.0900. The number of nitrogens with one attached hydrogen (secondary N) is 1. The molecule has 1 unspecified atom stereocenters. The van der Waals surface area contributed by atoms with Crippen LogP contribution in [0.4, 0.5) is 0 Å². The van der Waals surface area contributed by atoms with Gasteiger partial charge in [0.15, 0.2) is 0 Å². The van der Waals surface area contributed by atoms with Gasteiger partial charge in [-0.15, -0.1) is 0 Å². The molecule has 3 nitrogen and oxygen atoms in total. The molecule has 4 heteroatoms. The molecular formula is C11H21NO2S. The van der Waals surface area contributed by atoms with Crippen LogP contribution in [-0.2, 0) is 10.0 Å². The Kier molecular flexibility index (Phi) is 2.62. The summed E-state index contributed by atoms with van der Waals surface area (Å²) in [6.45, 7) is 6.27. The molecule has 1 N–H and O–H groups in total. The molecule has 0 aliphatic heterocycles. The van der Waals surface area contributed by atoms with Gasteiger partial charge in [-0.05, 0) is 44.4 Å². The minimum Gasteiger partial charge on any atom is -0.212 e. The smallest absolute Gasteiger partial charge is 0.212 e. The maximum absolute atomic E-state index is 11.9. The normalized spacial score (nSPS) is 26.7. The average Bonchev–Trinajstić information content (AvgIpc) is 2.96. The lowest BCUT2D eigenvalue weighted by Gasteiger charge is -2.34. The van der Waals surface area contributed by atoms with Crippen molar-refractivity contribution in [1.82, 2.24) is 4.72 Å². The van der Waals surface area contributed by atoms with Crippen LogP contribution >= 0.6 is 0 Å². The Bertz CT molecular complexity index is 338. The van der Waals surface area contributed by atoms with Crippen molar-refractivity contribution in [3.05, 3.63) is 0 Å². The van der Waals surface area contributed by atoms with Crippen molar-refractivity contribution in [1.29, 1.82) is 0 Å². The summed E-state index contributed by atoms with van der Waals surface area (Å²) in [5.41, 5.74) is -0.221. The molecule has 0 spiro atoms. The van der Waals surface area contributed by atoms with Crippen molar-refractivity contribution < 1.29 is 8.42 Å². The van der Waals surface area contributed by atoms with Gasteiger partial charge >= 0.3 is 0 Å². The number of rotatable bonds is 5. The molecule has 0 aromatic carbocycles. The monoisotopic (exact) mass is 231 g/mol. The van der Waals surface area contributed by atoms with Gasteiger partial charge in [-0.3, -0.25) is 0 Å². The highest BCUT2D eigenvalue weighted by Gasteiger charge is 2.48. The zero-order valence-electron chi connectivity index (χ0n) is 9.79.